The monoisotopic (exact) mass is 317 g/mol. The van der Waals surface area contributed by atoms with Crippen LogP contribution in [0.3, 0.4) is 0 Å². The van der Waals surface area contributed by atoms with Gasteiger partial charge < -0.3 is 16.0 Å². The molecule has 0 saturated carbocycles. The van der Waals surface area contributed by atoms with Gasteiger partial charge in [0.1, 0.15) is 0 Å². The normalized spacial score (nSPS) is 18.6. The van der Waals surface area contributed by atoms with Crippen molar-refractivity contribution in [2.45, 2.75) is 39.2 Å². The lowest BCUT2D eigenvalue weighted by Crippen LogP contribution is -2.53. The predicted molar refractivity (Wildman–Crippen MR) is 91.1 cm³/mol. The number of benzene rings is 1. The molecule has 1 heterocycles. The molecular formula is C18H27N3O2. The fourth-order valence-electron chi connectivity index (χ4n) is 2.74. The Kier molecular flexibility index (Phi) is 5.42. The highest BCUT2D eigenvalue weighted by Gasteiger charge is 2.31. The zero-order chi connectivity index (χ0) is 17.0. The van der Waals surface area contributed by atoms with E-state index >= 15 is 0 Å². The molecule has 1 aromatic carbocycles. The molecule has 3 N–H and O–H groups in total. The van der Waals surface area contributed by atoms with Crippen LogP contribution >= 0.6 is 0 Å². The third-order valence-electron chi connectivity index (χ3n) is 4.35. The van der Waals surface area contributed by atoms with Gasteiger partial charge in [0.15, 0.2) is 0 Å². The molecule has 1 aliphatic rings. The number of carbonyl (C=O) groups is 2. The van der Waals surface area contributed by atoms with Crippen LogP contribution in [0.15, 0.2) is 24.3 Å². The maximum absolute atomic E-state index is 12.6. The first-order valence-corrected chi connectivity index (χ1v) is 8.20. The molecule has 0 radical (unpaired) electrons. The molecule has 1 saturated heterocycles. The molecule has 5 nitrogen and oxygen atoms in total. The largest absolute Gasteiger partial charge is 0.350 e. The highest BCUT2D eigenvalue weighted by atomic mass is 16.2. The topological polar surface area (TPSA) is 75.4 Å². The minimum absolute atomic E-state index is 0.000542. The summed E-state index contributed by atoms with van der Waals surface area (Å²) in [5.74, 6) is -0.175. The number of rotatable bonds is 4. The molecule has 0 aromatic heterocycles. The number of aryl methyl sites for hydroxylation is 1. The molecule has 5 heteroatoms. The molecule has 1 aromatic rings. The van der Waals surface area contributed by atoms with Crippen molar-refractivity contribution in [1.29, 1.82) is 0 Å². The highest BCUT2D eigenvalue weighted by Crippen LogP contribution is 2.20. The van der Waals surface area contributed by atoms with Crippen molar-refractivity contribution in [3.05, 3.63) is 35.4 Å². The van der Waals surface area contributed by atoms with E-state index in [1.807, 2.05) is 45.0 Å². The molecule has 1 unspecified atom stereocenters. The predicted octanol–water partition coefficient (Wildman–Crippen LogP) is 1.70. The van der Waals surface area contributed by atoms with E-state index in [4.69, 9.17) is 5.73 Å². The first kappa shape index (κ1) is 17.5. The van der Waals surface area contributed by atoms with Crippen molar-refractivity contribution >= 4 is 11.8 Å². The number of likely N-dealkylation sites (tertiary alicyclic amines) is 1. The van der Waals surface area contributed by atoms with Gasteiger partial charge in [-0.1, -0.05) is 17.7 Å². The van der Waals surface area contributed by atoms with Crippen LogP contribution in [0.1, 0.15) is 42.6 Å². The Hall–Kier alpha value is -1.88. The summed E-state index contributed by atoms with van der Waals surface area (Å²) >= 11 is 0. The minimum atomic E-state index is -0.416. The molecule has 1 aliphatic heterocycles. The number of amides is 2. The van der Waals surface area contributed by atoms with Crippen molar-refractivity contribution in [2.75, 3.05) is 19.6 Å². The fraction of sp³-hybridized carbons (Fsp3) is 0.556. The van der Waals surface area contributed by atoms with E-state index in [1.165, 1.54) is 0 Å². The van der Waals surface area contributed by atoms with Crippen LogP contribution in [0.4, 0.5) is 0 Å². The van der Waals surface area contributed by atoms with Crippen molar-refractivity contribution in [2.24, 2.45) is 11.7 Å². The molecule has 126 valence electrons. The van der Waals surface area contributed by atoms with Crippen molar-refractivity contribution < 1.29 is 9.59 Å². The third kappa shape index (κ3) is 4.55. The molecular weight excluding hydrogens is 290 g/mol. The van der Waals surface area contributed by atoms with Gasteiger partial charge in [-0.2, -0.15) is 0 Å². The van der Waals surface area contributed by atoms with Crippen molar-refractivity contribution in [1.82, 2.24) is 10.2 Å². The highest BCUT2D eigenvalue weighted by molar-refractivity contribution is 5.94. The smallest absolute Gasteiger partial charge is 0.253 e. The average Bonchev–Trinajstić information content (AvgIpc) is 2.54. The lowest BCUT2D eigenvalue weighted by atomic mass is 9.94. The number of carbonyl (C=O) groups excluding carboxylic acids is 2. The molecule has 0 bridgehead atoms. The lowest BCUT2D eigenvalue weighted by molar-refractivity contribution is -0.127. The van der Waals surface area contributed by atoms with Crippen LogP contribution in [0, 0.1) is 12.8 Å². The Bertz CT molecular complexity index is 566. The number of hydrogen-bond acceptors (Lipinski definition) is 3. The Labute approximate surface area is 138 Å². The van der Waals surface area contributed by atoms with Crippen LogP contribution in [0.5, 0.6) is 0 Å². The van der Waals surface area contributed by atoms with Gasteiger partial charge in [-0.15, -0.1) is 0 Å². The van der Waals surface area contributed by atoms with Gasteiger partial charge in [0.2, 0.25) is 5.91 Å². The quantitative estimate of drug-likeness (QED) is 0.887. The molecule has 23 heavy (non-hydrogen) atoms. The number of nitrogens with two attached hydrogens (primary N) is 1. The van der Waals surface area contributed by atoms with Crippen molar-refractivity contribution in [3.63, 3.8) is 0 Å². The first-order valence-electron chi connectivity index (χ1n) is 8.20. The second-order valence-electron chi connectivity index (χ2n) is 7.03. The van der Waals surface area contributed by atoms with Gasteiger partial charge in [-0.25, -0.2) is 0 Å². The fourth-order valence-corrected chi connectivity index (χ4v) is 2.74. The van der Waals surface area contributed by atoms with Gasteiger partial charge in [0.05, 0.1) is 5.92 Å². The van der Waals surface area contributed by atoms with Gasteiger partial charge >= 0.3 is 0 Å². The summed E-state index contributed by atoms with van der Waals surface area (Å²) in [5, 5.41) is 2.98. The van der Waals surface area contributed by atoms with Gasteiger partial charge in [0.25, 0.3) is 5.91 Å². The zero-order valence-corrected chi connectivity index (χ0v) is 14.3. The van der Waals surface area contributed by atoms with E-state index in [0.29, 0.717) is 25.2 Å². The van der Waals surface area contributed by atoms with E-state index in [9.17, 15) is 9.59 Å². The molecule has 2 rings (SSSR count). The maximum atomic E-state index is 12.6. The molecule has 0 aliphatic carbocycles. The number of nitrogens with zero attached hydrogens (tertiary/aromatic N) is 1. The van der Waals surface area contributed by atoms with Crippen LogP contribution in [-0.2, 0) is 4.79 Å². The molecule has 1 fully saturated rings. The Balaban J connectivity index is 2.01. The zero-order valence-electron chi connectivity index (χ0n) is 14.3. The number of hydrogen-bond donors (Lipinski definition) is 2. The van der Waals surface area contributed by atoms with Crippen LogP contribution in [-0.4, -0.2) is 41.9 Å². The Morgan fingerprint density at radius 3 is 2.57 bits per heavy atom. The van der Waals surface area contributed by atoms with Crippen molar-refractivity contribution in [3.8, 4) is 0 Å². The van der Waals surface area contributed by atoms with E-state index in [2.05, 4.69) is 5.32 Å². The summed E-state index contributed by atoms with van der Waals surface area (Å²) in [6, 6.07) is 7.56. The van der Waals surface area contributed by atoms with Crippen LogP contribution in [0.25, 0.3) is 0 Å². The Morgan fingerprint density at radius 2 is 1.96 bits per heavy atom. The first-order chi connectivity index (χ1) is 10.8. The third-order valence-corrected chi connectivity index (χ3v) is 4.35. The van der Waals surface area contributed by atoms with Crippen LogP contribution in [0.2, 0.25) is 0 Å². The Morgan fingerprint density at radius 1 is 1.30 bits per heavy atom. The SMILES string of the molecule is Cc1ccc(C(=O)N2CCCC(C(=O)NC(C)(C)CN)C2)cc1. The van der Waals surface area contributed by atoms with Gasteiger partial charge in [0, 0.05) is 30.7 Å². The summed E-state index contributed by atoms with van der Waals surface area (Å²) < 4.78 is 0. The standard InChI is InChI=1S/C18H27N3O2/c1-13-6-8-14(9-7-13)17(23)21-10-4-5-15(11-21)16(22)20-18(2,3)12-19/h6-9,15H,4-5,10-12,19H2,1-3H3,(H,20,22). The molecule has 1 atom stereocenters. The molecule has 2 amide bonds. The van der Waals surface area contributed by atoms with E-state index in [1.54, 1.807) is 4.90 Å². The summed E-state index contributed by atoms with van der Waals surface area (Å²) in [4.78, 5) is 26.8. The summed E-state index contributed by atoms with van der Waals surface area (Å²) in [5.41, 5.74) is 7.06. The van der Waals surface area contributed by atoms with Gasteiger partial charge in [-0.05, 0) is 45.7 Å². The van der Waals surface area contributed by atoms with E-state index in [0.717, 1.165) is 18.4 Å². The second kappa shape index (κ2) is 7.13. The molecule has 0 spiro atoms. The van der Waals surface area contributed by atoms with E-state index < -0.39 is 5.54 Å². The van der Waals surface area contributed by atoms with Crippen LogP contribution < -0.4 is 11.1 Å². The summed E-state index contributed by atoms with van der Waals surface area (Å²) in [7, 11) is 0. The summed E-state index contributed by atoms with van der Waals surface area (Å²) in [6.45, 7) is 7.37. The summed E-state index contributed by atoms with van der Waals surface area (Å²) in [6.07, 6.45) is 1.66. The number of nitrogens with one attached hydrogen (secondary N) is 1. The lowest BCUT2D eigenvalue weighted by Gasteiger charge is -2.34. The maximum Gasteiger partial charge on any atom is 0.253 e. The average molecular weight is 317 g/mol. The van der Waals surface area contributed by atoms with E-state index in [-0.39, 0.29) is 17.7 Å². The van der Waals surface area contributed by atoms with Gasteiger partial charge in [-0.3, -0.25) is 9.59 Å². The number of piperidine rings is 1. The minimum Gasteiger partial charge on any atom is -0.350 e. The second-order valence-corrected chi connectivity index (χ2v) is 7.03.